The van der Waals surface area contributed by atoms with Crippen molar-refractivity contribution in [1.82, 2.24) is 10.7 Å². The van der Waals surface area contributed by atoms with Gasteiger partial charge in [-0.25, -0.2) is 0 Å². The van der Waals surface area contributed by atoms with E-state index in [1.54, 1.807) is 7.05 Å². The van der Waals surface area contributed by atoms with E-state index in [-0.39, 0.29) is 5.91 Å². The molecule has 1 rings (SSSR count). The van der Waals surface area contributed by atoms with Gasteiger partial charge in [0.05, 0.1) is 0 Å². The van der Waals surface area contributed by atoms with Crippen molar-refractivity contribution in [2.45, 2.75) is 6.54 Å². The zero-order valence-electron chi connectivity index (χ0n) is 10.0. The van der Waals surface area contributed by atoms with Crippen molar-refractivity contribution in [2.75, 3.05) is 7.05 Å². The monoisotopic (exact) mass is 239 g/mol. The summed E-state index contributed by atoms with van der Waals surface area (Å²) in [6.07, 6.45) is 1.27. The van der Waals surface area contributed by atoms with E-state index in [2.05, 4.69) is 34.8 Å². The molecule has 1 amide bonds. The summed E-state index contributed by atoms with van der Waals surface area (Å²) in [5, 5.41) is 2.69. The number of amides is 1. The molecule has 0 aliphatic heterocycles. The minimum Gasteiger partial charge on any atom is -0.348 e. The molecular formula is C11H21N5O. The Kier molecular flexibility index (Phi) is 14.8. The van der Waals surface area contributed by atoms with Crippen LogP contribution in [0.4, 0.5) is 0 Å². The van der Waals surface area contributed by atoms with Crippen LogP contribution in [-0.4, -0.2) is 13.0 Å². The lowest BCUT2D eigenvalue weighted by Gasteiger charge is -2.00. The van der Waals surface area contributed by atoms with Crippen LogP contribution >= 0.6 is 0 Å². The van der Waals surface area contributed by atoms with Gasteiger partial charge in [0.2, 0.25) is 5.91 Å². The van der Waals surface area contributed by atoms with E-state index in [1.807, 2.05) is 30.3 Å². The van der Waals surface area contributed by atoms with E-state index >= 15 is 0 Å². The SMILES string of the molecule is C=CC(=O)NCc1ccccc1.CNN.NN. The summed E-state index contributed by atoms with van der Waals surface area (Å²) in [6, 6.07) is 9.75. The standard InChI is InChI=1S/C10H11NO.CH6N2.H4N2/c1-2-10(12)11-8-9-6-4-3-5-7-9;1-3-2;1-2/h2-7H,1,8H2,(H,11,12);3H,2H2,1H3;1-2H2. The zero-order valence-corrected chi connectivity index (χ0v) is 10.0. The number of benzene rings is 1. The lowest BCUT2D eigenvalue weighted by molar-refractivity contribution is -0.116. The van der Waals surface area contributed by atoms with E-state index in [9.17, 15) is 4.79 Å². The fourth-order valence-electron chi connectivity index (χ4n) is 0.857. The van der Waals surface area contributed by atoms with E-state index in [1.165, 1.54) is 6.08 Å². The van der Waals surface area contributed by atoms with Crippen molar-refractivity contribution in [2.24, 2.45) is 17.5 Å². The number of carbonyl (C=O) groups excluding carboxylic acids is 1. The second kappa shape index (κ2) is 14.3. The molecule has 0 aliphatic carbocycles. The summed E-state index contributed by atoms with van der Waals surface area (Å²) in [5.74, 6) is 12.5. The Bertz CT molecular complexity index is 289. The van der Waals surface area contributed by atoms with E-state index in [0.717, 1.165) is 5.56 Å². The quantitative estimate of drug-likeness (QED) is 0.274. The molecule has 8 N–H and O–H groups in total. The number of rotatable bonds is 3. The van der Waals surface area contributed by atoms with Crippen molar-refractivity contribution in [3.63, 3.8) is 0 Å². The Morgan fingerprint density at radius 3 is 2.24 bits per heavy atom. The molecule has 0 unspecified atom stereocenters. The van der Waals surface area contributed by atoms with Crippen LogP contribution in [0.3, 0.4) is 0 Å². The van der Waals surface area contributed by atoms with Crippen molar-refractivity contribution in [3.8, 4) is 0 Å². The summed E-state index contributed by atoms with van der Waals surface area (Å²) in [7, 11) is 1.65. The molecule has 0 fully saturated rings. The van der Waals surface area contributed by atoms with E-state index in [0.29, 0.717) is 6.54 Å². The lowest BCUT2D eigenvalue weighted by Crippen LogP contribution is -2.19. The Hall–Kier alpha value is -1.73. The van der Waals surface area contributed by atoms with Crippen LogP contribution in [0, 0.1) is 0 Å². The first-order valence-corrected chi connectivity index (χ1v) is 4.89. The highest BCUT2D eigenvalue weighted by molar-refractivity contribution is 5.86. The topological polar surface area (TPSA) is 119 Å². The molecular weight excluding hydrogens is 218 g/mol. The van der Waals surface area contributed by atoms with Gasteiger partial charge in [-0.15, -0.1) is 0 Å². The van der Waals surface area contributed by atoms with Crippen LogP contribution in [0.15, 0.2) is 43.0 Å². The minimum absolute atomic E-state index is 0.140. The second-order valence-electron chi connectivity index (χ2n) is 2.70. The van der Waals surface area contributed by atoms with Gasteiger partial charge in [0.1, 0.15) is 0 Å². The Morgan fingerprint density at radius 2 is 1.82 bits per heavy atom. The molecule has 1 aromatic carbocycles. The number of hydrogen-bond acceptors (Lipinski definition) is 5. The zero-order chi connectivity index (χ0) is 13.5. The molecule has 0 bridgehead atoms. The Labute approximate surface area is 102 Å². The van der Waals surface area contributed by atoms with Gasteiger partial charge in [0, 0.05) is 6.54 Å². The van der Waals surface area contributed by atoms with Gasteiger partial charge in [0.15, 0.2) is 0 Å². The first-order chi connectivity index (χ1) is 8.24. The van der Waals surface area contributed by atoms with Crippen molar-refractivity contribution in [1.29, 1.82) is 0 Å². The summed E-state index contributed by atoms with van der Waals surface area (Å²) in [4.78, 5) is 10.8. The van der Waals surface area contributed by atoms with Gasteiger partial charge in [0.25, 0.3) is 0 Å². The molecule has 0 aliphatic rings. The molecule has 0 saturated heterocycles. The molecule has 1 aromatic rings. The maximum atomic E-state index is 10.8. The highest BCUT2D eigenvalue weighted by atomic mass is 16.1. The highest BCUT2D eigenvalue weighted by Crippen LogP contribution is 1.96. The van der Waals surface area contributed by atoms with Gasteiger partial charge >= 0.3 is 0 Å². The van der Waals surface area contributed by atoms with Gasteiger partial charge in [-0.2, -0.15) is 0 Å². The third kappa shape index (κ3) is 12.2. The molecule has 96 valence electrons. The van der Waals surface area contributed by atoms with Gasteiger partial charge < -0.3 is 5.32 Å². The molecule has 0 radical (unpaired) electrons. The first kappa shape index (κ1) is 17.7. The molecule has 0 heterocycles. The third-order valence-corrected chi connectivity index (χ3v) is 1.49. The summed E-state index contributed by atoms with van der Waals surface area (Å²) in [6.45, 7) is 3.92. The summed E-state index contributed by atoms with van der Waals surface area (Å²) >= 11 is 0. The smallest absolute Gasteiger partial charge is 0.243 e. The Morgan fingerprint density at radius 1 is 1.35 bits per heavy atom. The third-order valence-electron chi connectivity index (χ3n) is 1.49. The first-order valence-electron chi connectivity index (χ1n) is 4.89. The minimum atomic E-state index is -0.140. The second-order valence-corrected chi connectivity index (χ2v) is 2.70. The average Bonchev–Trinajstić information content (AvgIpc) is 2.40. The van der Waals surface area contributed by atoms with Crippen LogP contribution in [-0.2, 0) is 11.3 Å². The van der Waals surface area contributed by atoms with E-state index in [4.69, 9.17) is 0 Å². The van der Waals surface area contributed by atoms with Crippen molar-refractivity contribution < 1.29 is 4.79 Å². The van der Waals surface area contributed by atoms with Gasteiger partial charge in [-0.3, -0.25) is 27.7 Å². The predicted molar refractivity (Wildman–Crippen MR) is 70.1 cm³/mol. The molecule has 17 heavy (non-hydrogen) atoms. The van der Waals surface area contributed by atoms with Gasteiger partial charge in [-0.05, 0) is 18.7 Å². The van der Waals surface area contributed by atoms with Crippen LogP contribution in [0.25, 0.3) is 0 Å². The fourth-order valence-corrected chi connectivity index (χ4v) is 0.857. The number of hydrazine groups is 2. The van der Waals surface area contributed by atoms with E-state index < -0.39 is 0 Å². The molecule has 0 saturated carbocycles. The van der Waals surface area contributed by atoms with Crippen LogP contribution in [0.1, 0.15) is 5.56 Å². The number of hydrogen-bond donors (Lipinski definition) is 5. The Balaban J connectivity index is 0. The maximum Gasteiger partial charge on any atom is 0.243 e. The van der Waals surface area contributed by atoms with Crippen molar-refractivity contribution >= 4 is 5.91 Å². The van der Waals surface area contributed by atoms with Crippen LogP contribution in [0.5, 0.6) is 0 Å². The largest absolute Gasteiger partial charge is 0.348 e. The predicted octanol–water partition coefficient (Wildman–Crippen LogP) is -0.613. The summed E-state index contributed by atoms with van der Waals surface area (Å²) in [5.41, 5.74) is 3.34. The molecule has 0 aromatic heterocycles. The maximum absolute atomic E-state index is 10.8. The number of nitrogens with two attached hydrogens (primary N) is 3. The molecule has 0 spiro atoms. The molecule has 0 atom stereocenters. The average molecular weight is 239 g/mol. The fraction of sp³-hybridized carbons (Fsp3) is 0.182. The van der Waals surface area contributed by atoms with Crippen molar-refractivity contribution in [3.05, 3.63) is 48.6 Å². The molecule has 6 nitrogen and oxygen atoms in total. The number of nitrogens with one attached hydrogen (secondary N) is 2. The summed E-state index contributed by atoms with van der Waals surface area (Å²) < 4.78 is 0. The number of carbonyl (C=O) groups is 1. The highest BCUT2D eigenvalue weighted by Gasteiger charge is 1.93. The van der Waals surface area contributed by atoms with Gasteiger partial charge in [-0.1, -0.05) is 36.9 Å². The van der Waals surface area contributed by atoms with Crippen LogP contribution < -0.4 is 28.3 Å². The van der Waals surface area contributed by atoms with Crippen LogP contribution in [0.2, 0.25) is 0 Å². The molecule has 6 heteroatoms. The normalized spacial score (nSPS) is 7.76. The lowest BCUT2D eigenvalue weighted by atomic mass is 10.2.